The van der Waals surface area contributed by atoms with Crippen LogP contribution in [0, 0.1) is 6.92 Å². The minimum Gasteiger partial charge on any atom is -0.497 e. The third-order valence-corrected chi connectivity index (χ3v) is 8.73. The molecule has 11 heteroatoms. The predicted octanol–water partition coefficient (Wildman–Crippen LogP) is 5.06. The fraction of sp³-hybridized carbons (Fsp3) is 0.286. The van der Waals surface area contributed by atoms with Gasteiger partial charge in [0, 0.05) is 19.7 Å². The minimum atomic E-state index is -4.18. The Morgan fingerprint density at radius 2 is 1.69 bits per heavy atom. The summed E-state index contributed by atoms with van der Waals surface area (Å²) in [5, 5.41) is 3.24. The van der Waals surface area contributed by atoms with Crippen molar-refractivity contribution in [3.05, 3.63) is 87.9 Å². The predicted molar refractivity (Wildman–Crippen MR) is 154 cm³/mol. The summed E-state index contributed by atoms with van der Waals surface area (Å²) in [6, 6.07) is 16.9. The van der Waals surface area contributed by atoms with Crippen LogP contribution < -0.4 is 14.4 Å². The maximum Gasteiger partial charge on any atom is 0.264 e. The molecule has 2 amide bonds. The van der Waals surface area contributed by atoms with Crippen molar-refractivity contribution in [2.75, 3.05) is 25.0 Å². The smallest absolute Gasteiger partial charge is 0.264 e. The number of carbonyl (C=O) groups is 2. The summed E-state index contributed by atoms with van der Waals surface area (Å²) in [4.78, 5) is 28.1. The Morgan fingerprint density at radius 3 is 2.28 bits per heavy atom. The summed E-state index contributed by atoms with van der Waals surface area (Å²) in [5.74, 6) is -0.524. The number of carbonyl (C=O) groups excluding carboxylic acids is 2. The molecule has 0 spiro atoms. The van der Waals surface area contributed by atoms with E-state index in [9.17, 15) is 18.0 Å². The molecule has 0 bridgehead atoms. The van der Waals surface area contributed by atoms with Crippen molar-refractivity contribution in [3.8, 4) is 5.75 Å². The van der Waals surface area contributed by atoms with E-state index in [1.165, 1.54) is 31.2 Å². The van der Waals surface area contributed by atoms with Gasteiger partial charge in [0.2, 0.25) is 11.8 Å². The van der Waals surface area contributed by atoms with Gasteiger partial charge in [-0.3, -0.25) is 13.9 Å². The Balaban J connectivity index is 2.09. The van der Waals surface area contributed by atoms with E-state index < -0.39 is 28.5 Å². The van der Waals surface area contributed by atoms with Crippen LogP contribution in [-0.2, 0) is 26.2 Å². The van der Waals surface area contributed by atoms with E-state index in [0.29, 0.717) is 27.8 Å². The number of nitrogens with zero attached hydrogens (tertiary/aromatic N) is 2. The van der Waals surface area contributed by atoms with Crippen LogP contribution in [0.2, 0.25) is 10.0 Å². The fourth-order valence-electron chi connectivity index (χ4n) is 4.05. The maximum absolute atomic E-state index is 13.9. The molecule has 0 saturated carbocycles. The van der Waals surface area contributed by atoms with Crippen LogP contribution in [0.1, 0.15) is 24.5 Å². The van der Waals surface area contributed by atoms with Crippen LogP contribution >= 0.6 is 23.2 Å². The van der Waals surface area contributed by atoms with Crippen LogP contribution in [0.3, 0.4) is 0 Å². The molecule has 8 nitrogen and oxygen atoms in total. The molecule has 0 heterocycles. The fourth-order valence-corrected chi connectivity index (χ4v) is 5.78. The summed E-state index contributed by atoms with van der Waals surface area (Å²) in [6.07, 6.45) is 0.302. The van der Waals surface area contributed by atoms with Crippen LogP contribution in [-0.4, -0.2) is 51.9 Å². The Morgan fingerprint density at radius 1 is 1.00 bits per heavy atom. The highest BCUT2D eigenvalue weighted by Crippen LogP contribution is 2.28. The Labute approximate surface area is 239 Å². The lowest BCUT2D eigenvalue weighted by atomic mass is 10.1. The number of nitrogens with one attached hydrogen (secondary N) is 1. The molecule has 0 aliphatic carbocycles. The van der Waals surface area contributed by atoms with Gasteiger partial charge in [-0.25, -0.2) is 8.42 Å². The Hall–Kier alpha value is -3.27. The number of methoxy groups -OCH3 is 1. The van der Waals surface area contributed by atoms with Crippen molar-refractivity contribution in [2.45, 2.75) is 37.8 Å². The van der Waals surface area contributed by atoms with Gasteiger partial charge in [0.15, 0.2) is 0 Å². The highest BCUT2D eigenvalue weighted by Gasteiger charge is 2.33. The molecule has 1 atom stereocenters. The van der Waals surface area contributed by atoms with Gasteiger partial charge in [0.05, 0.1) is 27.7 Å². The summed E-state index contributed by atoms with van der Waals surface area (Å²) in [6.45, 7) is 3.08. The minimum absolute atomic E-state index is 0.0121. The van der Waals surface area contributed by atoms with Gasteiger partial charge in [-0.05, 0) is 55.3 Å². The molecule has 0 fully saturated rings. The number of hydrogen-bond acceptors (Lipinski definition) is 5. The first-order chi connectivity index (χ1) is 18.5. The van der Waals surface area contributed by atoms with Crippen LogP contribution in [0.5, 0.6) is 5.75 Å². The Kier molecular flexibility index (Phi) is 10.2. The van der Waals surface area contributed by atoms with Gasteiger partial charge in [0.25, 0.3) is 10.0 Å². The molecular weight excluding hydrogens is 561 g/mol. The van der Waals surface area contributed by atoms with Gasteiger partial charge in [-0.1, -0.05) is 60.0 Å². The van der Waals surface area contributed by atoms with Gasteiger partial charge in [0.1, 0.15) is 18.3 Å². The number of sulfonamides is 1. The second-order valence-corrected chi connectivity index (χ2v) is 11.5. The van der Waals surface area contributed by atoms with E-state index in [1.807, 2.05) is 6.92 Å². The molecule has 3 aromatic carbocycles. The zero-order chi connectivity index (χ0) is 28.7. The van der Waals surface area contributed by atoms with Gasteiger partial charge in [-0.2, -0.15) is 0 Å². The summed E-state index contributed by atoms with van der Waals surface area (Å²) in [5.41, 5.74) is 1.77. The quantitative estimate of drug-likeness (QED) is 0.336. The number of halogens is 2. The number of amides is 2. The van der Waals surface area contributed by atoms with Crippen molar-refractivity contribution in [1.29, 1.82) is 0 Å². The summed E-state index contributed by atoms with van der Waals surface area (Å²) in [7, 11) is -1.22. The summed E-state index contributed by atoms with van der Waals surface area (Å²) < 4.78 is 34.1. The lowest BCUT2D eigenvalue weighted by molar-refractivity contribution is -0.140. The van der Waals surface area contributed by atoms with E-state index in [2.05, 4.69) is 5.32 Å². The zero-order valence-electron chi connectivity index (χ0n) is 22.1. The first-order valence-corrected chi connectivity index (χ1v) is 14.4. The highest BCUT2D eigenvalue weighted by atomic mass is 35.5. The van der Waals surface area contributed by atoms with E-state index >= 15 is 0 Å². The van der Waals surface area contributed by atoms with Crippen LogP contribution in [0.4, 0.5) is 5.69 Å². The molecule has 1 N–H and O–H groups in total. The average molecular weight is 593 g/mol. The molecule has 208 valence electrons. The number of anilines is 1. The van der Waals surface area contributed by atoms with Gasteiger partial charge < -0.3 is 15.0 Å². The first-order valence-electron chi connectivity index (χ1n) is 12.2. The Bertz CT molecular complexity index is 1430. The van der Waals surface area contributed by atoms with Crippen LogP contribution in [0.25, 0.3) is 0 Å². The molecule has 0 aliphatic rings. The molecule has 0 radical (unpaired) electrons. The van der Waals surface area contributed by atoms with E-state index in [-0.39, 0.29) is 23.0 Å². The number of benzene rings is 3. The van der Waals surface area contributed by atoms with Gasteiger partial charge in [-0.15, -0.1) is 0 Å². The van der Waals surface area contributed by atoms with Gasteiger partial charge >= 0.3 is 0 Å². The highest BCUT2D eigenvalue weighted by molar-refractivity contribution is 7.92. The number of likely N-dealkylation sites (N-methyl/N-ethyl adjacent to an activating group) is 1. The molecule has 3 aromatic rings. The number of aryl methyl sites for hydroxylation is 1. The topological polar surface area (TPSA) is 96.0 Å². The van der Waals surface area contributed by atoms with Crippen molar-refractivity contribution >= 4 is 50.7 Å². The lowest BCUT2D eigenvalue weighted by Crippen LogP contribution is -2.51. The second kappa shape index (κ2) is 13.2. The molecule has 1 unspecified atom stereocenters. The molecular formula is C28H31Cl2N3O5S. The van der Waals surface area contributed by atoms with Crippen LogP contribution in [0.15, 0.2) is 71.6 Å². The van der Waals surface area contributed by atoms with Crippen molar-refractivity contribution in [1.82, 2.24) is 10.2 Å². The monoisotopic (exact) mass is 591 g/mol. The number of rotatable bonds is 11. The lowest BCUT2D eigenvalue weighted by Gasteiger charge is -2.33. The summed E-state index contributed by atoms with van der Waals surface area (Å²) >= 11 is 12.3. The standard InChI is InChI=1S/C28H31Cl2N3O5S/c1-5-26(28(35)31-3)32(17-20-11-14-24(29)25(30)15-20)27(34)18-33(21-7-6-8-22(16-21)38-4)39(36,37)23-12-9-19(2)10-13-23/h6-16,26H,5,17-18H2,1-4H3,(H,31,35). The third-order valence-electron chi connectivity index (χ3n) is 6.20. The third kappa shape index (κ3) is 7.23. The largest absolute Gasteiger partial charge is 0.497 e. The molecule has 39 heavy (non-hydrogen) atoms. The van der Waals surface area contributed by atoms with Crippen molar-refractivity contribution in [2.24, 2.45) is 0 Å². The number of hydrogen-bond donors (Lipinski definition) is 1. The zero-order valence-corrected chi connectivity index (χ0v) is 24.5. The molecule has 0 aromatic heterocycles. The normalized spacial score (nSPS) is 11.9. The average Bonchev–Trinajstić information content (AvgIpc) is 2.93. The molecule has 3 rings (SSSR count). The van der Waals surface area contributed by atoms with E-state index in [4.69, 9.17) is 27.9 Å². The SMILES string of the molecule is CCC(C(=O)NC)N(Cc1ccc(Cl)c(Cl)c1)C(=O)CN(c1cccc(OC)c1)S(=O)(=O)c1ccc(C)cc1. The van der Waals surface area contributed by atoms with E-state index in [1.54, 1.807) is 61.5 Å². The van der Waals surface area contributed by atoms with E-state index in [0.717, 1.165) is 9.87 Å². The van der Waals surface area contributed by atoms with Crippen molar-refractivity contribution in [3.63, 3.8) is 0 Å². The maximum atomic E-state index is 13.9. The second-order valence-electron chi connectivity index (χ2n) is 8.83. The number of ether oxygens (including phenoxy) is 1. The first kappa shape index (κ1) is 30.3. The van der Waals surface area contributed by atoms with Crippen molar-refractivity contribution < 1.29 is 22.7 Å². The molecule has 0 saturated heterocycles. The molecule has 0 aliphatic heterocycles.